The van der Waals surface area contributed by atoms with Crippen molar-refractivity contribution < 1.29 is 19.1 Å². The number of ether oxygens (including phenoxy) is 2. The third-order valence-electron chi connectivity index (χ3n) is 5.85. The summed E-state index contributed by atoms with van der Waals surface area (Å²) in [5.41, 5.74) is 2.22. The van der Waals surface area contributed by atoms with E-state index < -0.39 is 6.04 Å². The first-order chi connectivity index (χ1) is 15.2. The molecule has 0 saturated carbocycles. The van der Waals surface area contributed by atoms with Crippen molar-refractivity contribution in [1.82, 2.24) is 9.55 Å². The van der Waals surface area contributed by atoms with Gasteiger partial charge in [-0.15, -0.1) is 0 Å². The lowest BCUT2D eigenvalue weighted by Gasteiger charge is -2.19. The molecule has 0 radical (unpaired) electrons. The highest BCUT2D eigenvalue weighted by Gasteiger charge is 2.42. The maximum atomic E-state index is 13.4. The number of rotatable bonds is 6. The molecule has 160 valence electrons. The first-order valence-electron chi connectivity index (χ1n) is 10.5. The van der Waals surface area contributed by atoms with E-state index in [0.717, 1.165) is 23.9 Å². The van der Waals surface area contributed by atoms with Gasteiger partial charge in [0.2, 0.25) is 11.9 Å². The molecule has 0 aliphatic carbocycles. The molecule has 1 saturated heterocycles. The molecule has 2 aliphatic rings. The summed E-state index contributed by atoms with van der Waals surface area (Å²) in [5, 5.41) is 2.87. The van der Waals surface area contributed by atoms with Crippen LogP contribution in [0.25, 0.3) is 11.0 Å². The van der Waals surface area contributed by atoms with Crippen LogP contribution in [0.1, 0.15) is 25.3 Å². The first-order valence-corrected chi connectivity index (χ1v) is 10.5. The molecule has 2 atom stereocenters. The smallest absolute Gasteiger partial charge is 0.253 e. The zero-order valence-electron chi connectivity index (χ0n) is 17.3. The van der Waals surface area contributed by atoms with Gasteiger partial charge < -0.3 is 14.8 Å². The number of carbonyl (C=O) groups is 2. The molecule has 5 rings (SSSR count). The van der Waals surface area contributed by atoms with E-state index in [9.17, 15) is 9.59 Å². The first kappa shape index (κ1) is 19.6. The minimum Gasteiger partial charge on any atom is -0.495 e. The molecule has 31 heavy (non-hydrogen) atoms. The highest BCUT2D eigenvalue weighted by molar-refractivity contribution is 6.05. The molecule has 0 unspecified atom stereocenters. The third-order valence-corrected chi connectivity index (χ3v) is 5.85. The van der Waals surface area contributed by atoms with E-state index in [1.807, 2.05) is 41.0 Å². The van der Waals surface area contributed by atoms with Crippen LogP contribution in [-0.4, -0.2) is 47.7 Å². The minimum absolute atomic E-state index is 0.00151. The van der Waals surface area contributed by atoms with Gasteiger partial charge in [-0.1, -0.05) is 24.3 Å². The Morgan fingerprint density at radius 3 is 2.84 bits per heavy atom. The second kappa shape index (κ2) is 8.03. The van der Waals surface area contributed by atoms with Crippen LogP contribution in [0.3, 0.4) is 0 Å². The van der Waals surface area contributed by atoms with E-state index in [0.29, 0.717) is 30.5 Å². The largest absolute Gasteiger partial charge is 0.495 e. The zero-order valence-corrected chi connectivity index (χ0v) is 17.3. The Kier molecular flexibility index (Phi) is 5.07. The van der Waals surface area contributed by atoms with Gasteiger partial charge in [-0.2, -0.15) is 0 Å². The van der Waals surface area contributed by atoms with Crippen molar-refractivity contribution in [3.63, 3.8) is 0 Å². The standard InChI is InChI=1S/C23H24N4O4/c1-30-20-11-5-3-9-17(20)24-21(28)13-19-22(29)26(14-15-7-6-12-31-15)23-25-16-8-2-4-10-18(16)27(19)23/h2-5,8-11,15,19H,6-7,12-14H2,1H3,(H,24,28)/t15-,19+/m0/s1. The summed E-state index contributed by atoms with van der Waals surface area (Å²) in [6, 6.07) is 14.2. The number of benzene rings is 2. The van der Waals surface area contributed by atoms with E-state index in [-0.39, 0.29) is 24.3 Å². The van der Waals surface area contributed by atoms with Gasteiger partial charge in [0.1, 0.15) is 11.8 Å². The van der Waals surface area contributed by atoms with Crippen molar-refractivity contribution in [3.8, 4) is 5.75 Å². The molecule has 2 aromatic carbocycles. The van der Waals surface area contributed by atoms with Gasteiger partial charge in [0.15, 0.2) is 0 Å². The molecule has 3 aromatic rings. The average Bonchev–Trinajstić information content (AvgIpc) is 3.48. The van der Waals surface area contributed by atoms with E-state index in [1.54, 1.807) is 24.1 Å². The predicted octanol–water partition coefficient (Wildman–Crippen LogP) is 3.14. The second-order valence-electron chi connectivity index (χ2n) is 7.82. The van der Waals surface area contributed by atoms with Crippen molar-refractivity contribution in [2.45, 2.75) is 31.4 Å². The fourth-order valence-corrected chi connectivity index (χ4v) is 4.39. The van der Waals surface area contributed by atoms with Crippen LogP contribution in [0.4, 0.5) is 11.6 Å². The van der Waals surface area contributed by atoms with Crippen LogP contribution in [-0.2, 0) is 14.3 Å². The fourth-order valence-electron chi connectivity index (χ4n) is 4.39. The molecule has 2 aliphatic heterocycles. The summed E-state index contributed by atoms with van der Waals surface area (Å²) in [4.78, 5) is 32.7. The van der Waals surface area contributed by atoms with Gasteiger partial charge in [0.25, 0.3) is 5.91 Å². The molecule has 1 N–H and O–H groups in total. The number of para-hydroxylation sites is 4. The summed E-state index contributed by atoms with van der Waals surface area (Å²) >= 11 is 0. The lowest BCUT2D eigenvalue weighted by atomic mass is 10.1. The highest BCUT2D eigenvalue weighted by atomic mass is 16.5. The van der Waals surface area contributed by atoms with Crippen LogP contribution in [0.2, 0.25) is 0 Å². The Morgan fingerprint density at radius 2 is 2.03 bits per heavy atom. The van der Waals surface area contributed by atoms with E-state index in [4.69, 9.17) is 14.5 Å². The molecular formula is C23H24N4O4. The lowest BCUT2D eigenvalue weighted by Crippen LogP contribution is -2.37. The Bertz CT molecular complexity index is 1140. The van der Waals surface area contributed by atoms with Crippen molar-refractivity contribution >= 4 is 34.5 Å². The third kappa shape index (κ3) is 3.53. The molecule has 0 bridgehead atoms. The summed E-state index contributed by atoms with van der Waals surface area (Å²) < 4.78 is 12.9. The number of carbonyl (C=O) groups excluding carboxylic acids is 2. The normalized spacial score (nSPS) is 20.3. The molecule has 8 heteroatoms. The second-order valence-corrected chi connectivity index (χ2v) is 7.82. The van der Waals surface area contributed by atoms with Gasteiger partial charge in [0.05, 0.1) is 42.9 Å². The number of hydrogen-bond acceptors (Lipinski definition) is 5. The number of anilines is 2. The van der Waals surface area contributed by atoms with Gasteiger partial charge in [-0.05, 0) is 37.1 Å². The van der Waals surface area contributed by atoms with Gasteiger partial charge in [0, 0.05) is 6.61 Å². The van der Waals surface area contributed by atoms with Crippen LogP contribution < -0.4 is 15.0 Å². The topological polar surface area (TPSA) is 85.7 Å². The minimum atomic E-state index is -0.654. The number of hydrogen-bond donors (Lipinski definition) is 1. The summed E-state index contributed by atoms with van der Waals surface area (Å²) in [7, 11) is 1.55. The molecule has 1 fully saturated rings. The van der Waals surface area contributed by atoms with Gasteiger partial charge in [-0.25, -0.2) is 4.98 Å². The Morgan fingerprint density at radius 1 is 1.23 bits per heavy atom. The molecule has 8 nitrogen and oxygen atoms in total. The Balaban J connectivity index is 1.44. The van der Waals surface area contributed by atoms with E-state index in [1.165, 1.54) is 0 Å². The number of amides is 2. The van der Waals surface area contributed by atoms with Crippen molar-refractivity contribution in [2.75, 3.05) is 30.5 Å². The monoisotopic (exact) mass is 420 g/mol. The quantitative estimate of drug-likeness (QED) is 0.662. The van der Waals surface area contributed by atoms with E-state index >= 15 is 0 Å². The predicted molar refractivity (Wildman–Crippen MR) is 116 cm³/mol. The number of methoxy groups -OCH3 is 1. The van der Waals surface area contributed by atoms with E-state index in [2.05, 4.69) is 5.32 Å². The summed E-state index contributed by atoms with van der Waals surface area (Å²) in [6.07, 6.45) is 1.92. The van der Waals surface area contributed by atoms with Gasteiger partial charge >= 0.3 is 0 Å². The summed E-state index contributed by atoms with van der Waals surface area (Å²) in [6.45, 7) is 1.17. The number of aromatic nitrogens is 2. The lowest BCUT2D eigenvalue weighted by molar-refractivity contribution is -0.124. The summed E-state index contributed by atoms with van der Waals surface area (Å²) in [5.74, 6) is 0.767. The number of fused-ring (bicyclic) bond motifs is 3. The zero-order chi connectivity index (χ0) is 21.4. The molecule has 2 amide bonds. The van der Waals surface area contributed by atoms with Crippen molar-refractivity contribution in [3.05, 3.63) is 48.5 Å². The molecular weight excluding hydrogens is 396 g/mol. The van der Waals surface area contributed by atoms with Crippen molar-refractivity contribution in [2.24, 2.45) is 0 Å². The Hall–Kier alpha value is -3.39. The van der Waals surface area contributed by atoms with Crippen LogP contribution in [0.5, 0.6) is 5.75 Å². The molecule has 1 aromatic heterocycles. The number of imidazole rings is 1. The molecule has 0 spiro atoms. The maximum absolute atomic E-state index is 13.4. The van der Waals surface area contributed by atoms with Gasteiger partial charge in [-0.3, -0.25) is 19.1 Å². The van der Waals surface area contributed by atoms with Crippen LogP contribution in [0.15, 0.2) is 48.5 Å². The van der Waals surface area contributed by atoms with Crippen molar-refractivity contribution in [1.29, 1.82) is 0 Å². The van der Waals surface area contributed by atoms with Crippen LogP contribution >= 0.6 is 0 Å². The fraction of sp³-hybridized carbons (Fsp3) is 0.348. The van der Waals surface area contributed by atoms with Crippen LogP contribution in [0, 0.1) is 0 Å². The molecule has 3 heterocycles. The SMILES string of the molecule is COc1ccccc1NC(=O)C[C@@H]1C(=O)N(C[C@@H]2CCCO2)c2nc3ccccc3n21. The number of nitrogens with zero attached hydrogens (tertiary/aromatic N) is 3. The Labute approximate surface area is 179 Å². The highest BCUT2D eigenvalue weighted by Crippen LogP contribution is 2.37. The maximum Gasteiger partial charge on any atom is 0.253 e. The number of nitrogens with one attached hydrogen (secondary N) is 1. The average molecular weight is 420 g/mol.